The van der Waals surface area contributed by atoms with Crippen molar-refractivity contribution in [2.24, 2.45) is 11.7 Å². The average Bonchev–Trinajstić information content (AvgIpc) is 3.18. The summed E-state index contributed by atoms with van der Waals surface area (Å²) in [6.07, 6.45) is 0.463. The molecule has 190 valence electrons. The molecule has 0 aliphatic heterocycles. The van der Waals surface area contributed by atoms with Crippen LogP contribution in [0.3, 0.4) is 0 Å². The van der Waals surface area contributed by atoms with Gasteiger partial charge in [0, 0.05) is 12.2 Å². The Labute approximate surface area is 209 Å². The number of hydrogen-bond donors (Lipinski definition) is 2. The van der Waals surface area contributed by atoms with Crippen molar-refractivity contribution >= 4 is 34.5 Å². The molecule has 0 saturated carbocycles. The van der Waals surface area contributed by atoms with E-state index in [9.17, 15) is 19.2 Å². The van der Waals surface area contributed by atoms with E-state index in [1.165, 1.54) is 7.11 Å². The highest BCUT2D eigenvalue weighted by Gasteiger charge is 2.28. The van der Waals surface area contributed by atoms with Crippen molar-refractivity contribution in [2.45, 2.75) is 39.8 Å². The lowest BCUT2D eigenvalue weighted by Gasteiger charge is -2.20. The molecule has 0 aliphatic carbocycles. The summed E-state index contributed by atoms with van der Waals surface area (Å²) in [4.78, 5) is 49.5. The fourth-order valence-corrected chi connectivity index (χ4v) is 4.21. The van der Waals surface area contributed by atoms with Crippen molar-refractivity contribution in [1.29, 1.82) is 0 Å². The number of methoxy groups -OCH3 is 1. The highest BCUT2D eigenvalue weighted by Crippen LogP contribution is 2.35. The number of benzene rings is 2. The van der Waals surface area contributed by atoms with Crippen LogP contribution in [0.15, 0.2) is 48.5 Å². The maximum atomic E-state index is 12.9. The summed E-state index contributed by atoms with van der Waals surface area (Å²) in [6.45, 7) is 5.51. The van der Waals surface area contributed by atoms with Crippen molar-refractivity contribution in [3.63, 3.8) is 0 Å². The Bertz CT molecular complexity index is 1280. The van der Waals surface area contributed by atoms with Crippen molar-refractivity contribution in [1.82, 2.24) is 9.88 Å². The van der Waals surface area contributed by atoms with Gasteiger partial charge in [-0.25, -0.2) is 4.79 Å². The quantitative estimate of drug-likeness (QED) is 0.240. The van der Waals surface area contributed by atoms with Crippen LogP contribution in [0.4, 0.5) is 0 Å². The van der Waals surface area contributed by atoms with Gasteiger partial charge in [-0.1, -0.05) is 57.2 Å². The van der Waals surface area contributed by atoms with Crippen molar-refractivity contribution in [3.8, 4) is 5.75 Å². The van der Waals surface area contributed by atoms with E-state index >= 15 is 0 Å². The SMILES string of the molecule is CCc1c(C(=O)C(N)=O)c2c(OCC(=O)N[C@H](C(=O)OC)C(C)C)cccc2n1Cc1ccccc1. The second-order valence-corrected chi connectivity index (χ2v) is 8.69. The molecule has 0 radical (unpaired) electrons. The van der Waals surface area contributed by atoms with Gasteiger partial charge in [0.25, 0.3) is 17.6 Å². The van der Waals surface area contributed by atoms with Crippen molar-refractivity contribution in [2.75, 3.05) is 13.7 Å². The minimum Gasteiger partial charge on any atom is -0.483 e. The number of carbonyl (C=O) groups excluding carboxylic acids is 4. The third kappa shape index (κ3) is 5.56. The standard InChI is InChI=1S/C27H31N3O6/c1-5-18-23(25(32)26(28)33)22-19(30(18)14-17-10-7-6-8-11-17)12-9-13-20(22)36-15-21(31)29-24(16(2)3)27(34)35-4/h6-13,16,24H,5,14-15H2,1-4H3,(H2,28,33)(H,29,31)/t24-/m0/s1. The number of fused-ring (bicyclic) bond motifs is 1. The summed E-state index contributed by atoms with van der Waals surface area (Å²) in [6, 6.07) is 14.1. The molecule has 3 aromatic rings. The topological polar surface area (TPSA) is 130 Å². The number of Topliss-reactive ketones (excluding diaryl/α,β-unsaturated/α-hetero) is 1. The molecule has 0 unspecified atom stereocenters. The number of amides is 2. The predicted octanol–water partition coefficient (Wildman–Crippen LogP) is 2.61. The van der Waals surface area contributed by atoms with E-state index in [2.05, 4.69) is 5.32 Å². The number of esters is 1. The van der Waals surface area contributed by atoms with Crippen LogP contribution in [-0.2, 0) is 32.1 Å². The molecule has 9 heteroatoms. The van der Waals surface area contributed by atoms with E-state index in [0.717, 1.165) is 5.56 Å². The third-order valence-electron chi connectivity index (χ3n) is 5.93. The molecule has 36 heavy (non-hydrogen) atoms. The maximum Gasteiger partial charge on any atom is 0.328 e. The van der Waals surface area contributed by atoms with Gasteiger partial charge in [-0.05, 0) is 30.0 Å². The fraction of sp³-hybridized carbons (Fsp3) is 0.333. The van der Waals surface area contributed by atoms with Crippen LogP contribution in [0.5, 0.6) is 5.75 Å². The van der Waals surface area contributed by atoms with E-state index in [-0.39, 0.29) is 17.2 Å². The lowest BCUT2D eigenvalue weighted by molar-refractivity contribution is -0.146. The Kier molecular flexibility index (Phi) is 8.47. The minimum absolute atomic E-state index is 0.168. The zero-order valence-corrected chi connectivity index (χ0v) is 20.9. The van der Waals surface area contributed by atoms with Crippen molar-refractivity contribution in [3.05, 3.63) is 65.4 Å². The lowest BCUT2D eigenvalue weighted by atomic mass is 10.0. The molecule has 2 aromatic carbocycles. The van der Waals surface area contributed by atoms with Crippen molar-refractivity contribution < 1.29 is 28.7 Å². The molecule has 3 rings (SSSR count). The van der Waals surface area contributed by atoms with Gasteiger partial charge < -0.3 is 25.1 Å². The van der Waals surface area contributed by atoms with Crippen LogP contribution in [0, 0.1) is 5.92 Å². The summed E-state index contributed by atoms with van der Waals surface area (Å²) in [5, 5.41) is 3.03. The second-order valence-electron chi connectivity index (χ2n) is 8.69. The molecule has 0 aliphatic rings. The molecule has 9 nitrogen and oxygen atoms in total. The summed E-state index contributed by atoms with van der Waals surface area (Å²) < 4.78 is 12.5. The van der Waals surface area contributed by atoms with Crippen LogP contribution in [0.25, 0.3) is 10.9 Å². The first kappa shape index (κ1) is 26.5. The van der Waals surface area contributed by atoms with Gasteiger partial charge in [-0.3, -0.25) is 14.4 Å². The predicted molar refractivity (Wildman–Crippen MR) is 135 cm³/mol. The summed E-state index contributed by atoms with van der Waals surface area (Å²) in [7, 11) is 1.25. The molecule has 1 aromatic heterocycles. The first-order valence-electron chi connectivity index (χ1n) is 11.7. The second kappa shape index (κ2) is 11.5. The van der Waals surface area contributed by atoms with E-state index < -0.39 is 36.2 Å². The van der Waals surface area contributed by atoms with Gasteiger partial charge >= 0.3 is 5.97 Å². The highest BCUT2D eigenvalue weighted by molar-refractivity contribution is 6.45. The Morgan fingerprint density at radius 1 is 1.03 bits per heavy atom. The summed E-state index contributed by atoms with van der Waals surface area (Å²) >= 11 is 0. The number of nitrogens with zero attached hydrogens (tertiary/aromatic N) is 1. The third-order valence-corrected chi connectivity index (χ3v) is 5.93. The molecule has 1 atom stereocenters. The minimum atomic E-state index is -1.08. The first-order chi connectivity index (χ1) is 17.2. The van der Waals surface area contributed by atoms with E-state index in [1.807, 2.05) is 47.9 Å². The highest BCUT2D eigenvalue weighted by atomic mass is 16.5. The molecule has 0 bridgehead atoms. The lowest BCUT2D eigenvalue weighted by Crippen LogP contribution is -2.46. The first-order valence-corrected chi connectivity index (χ1v) is 11.7. The number of rotatable bonds is 11. The zero-order valence-electron chi connectivity index (χ0n) is 20.9. The fourth-order valence-electron chi connectivity index (χ4n) is 4.21. The molecular weight excluding hydrogens is 462 g/mol. The van der Waals surface area contributed by atoms with Gasteiger partial charge in [-0.15, -0.1) is 0 Å². The Hall–Kier alpha value is -4.14. The normalized spacial score (nSPS) is 11.8. The van der Waals surface area contributed by atoms with Gasteiger partial charge in [0.1, 0.15) is 11.8 Å². The van der Waals surface area contributed by atoms with Gasteiger partial charge in [0.2, 0.25) is 0 Å². The number of primary amides is 1. The monoisotopic (exact) mass is 493 g/mol. The maximum absolute atomic E-state index is 12.9. The van der Waals surface area contributed by atoms with E-state index in [0.29, 0.717) is 29.6 Å². The number of nitrogens with two attached hydrogens (primary N) is 1. The molecule has 3 N–H and O–H groups in total. The zero-order chi connectivity index (χ0) is 26.4. The Balaban J connectivity index is 2.02. The Morgan fingerprint density at radius 3 is 2.31 bits per heavy atom. The smallest absolute Gasteiger partial charge is 0.328 e. The number of nitrogens with one attached hydrogen (secondary N) is 1. The molecule has 0 spiro atoms. The number of ketones is 1. The van der Waals surface area contributed by atoms with E-state index in [4.69, 9.17) is 15.2 Å². The van der Waals surface area contributed by atoms with Crippen LogP contribution in [0.1, 0.15) is 42.4 Å². The van der Waals surface area contributed by atoms with Crippen LogP contribution >= 0.6 is 0 Å². The number of carbonyl (C=O) groups is 4. The molecule has 0 fully saturated rings. The summed E-state index contributed by atoms with van der Waals surface area (Å²) in [5.74, 6) is -2.92. The largest absolute Gasteiger partial charge is 0.483 e. The molecule has 1 heterocycles. The number of ether oxygens (including phenoxy) is 2. The van der Waals surface area contributed by atoms with Crippen LogP contribution in [-0.4, -0.2) is 47.9 Å². The van der Waals surface area contributed by atoms with E-state index in [1.54, 1.807) is 26.0 Å². The Morgan fingerprint density at radius 2 is 1.72 bits per heavy atom. The van der Waals surface area contributed by atoms with Crippen LogP contribution < -0.4 is 15.8 Å². The van der Waals surface area contributed by atoms with Gasteiger partial charge in [0.05, 0.1) is 23.6 Å². The average molecular weight is 494 g/mol. The molecule has 0 saturated heterocycles. The summed E-state index contributed by atoms with van der Waals surface area (Å²) in [5.41, 5.74) is 7.89. The van der Waals surface area contributed by atoms with Crippen LogP contribution in [0.2, 0.25) is 0 Å². The molecular formula is C27H31N3O6. The number of hydrogen-bond acceptors (Lipinski definition) is 6. The van der Waals surface area contributed by atoms with Gasteiger partial charge in [-0.2, -0.15) is 0 Å². The molecule has 2 amide bonds. The number of aromatic nitrogens is 1. The van der Waals surface area contributed by atoms with Gasteiger partial charge in [0.15, 0.2) is 6.61 Å².